The number of aliphatic imine (C=N–C) groups is 1. The molecule has 0 fully saturated rings. The number of amidine groups is 1. The highest BCUT2D eigenvalue weighted by Gasteiger charge is 2.39. The standard InChI is InChI=1S/C28H30N4O2/c1-18-26(20-7-3-2-4-8-20)31-27(30-18)25-16-21-9-5-6-10-22(21)17-32(25)28(34)24(29)15-19-11-13-23(33)14-12-19/h2-14,18,24-26,33H,15-17,29H2,1H3,(H,30,31)/t18?,24-,25?,26?/m0/s1. The highest BCUT2D eigenvalue weighted by Crippen LogP contribution is 2.30. The molecule has 0 aromatic heterocycles. The van der Waals surface area contributed by atoms with Crippen molar-refractivity contribution in [3.8, 4) is 5.75 Å². The number of nitrogens with zero attached hydrogens (tertiary/aromatic N) is 2. The predicted molar refractivity (Wildman–Crippen MR) is 133 cm³/mol. The van der Waals surface area contributed by atoms with Crippen molar-refractivity contribution < 1.29 is 9.90 Å². The van der Waals surface area contributed by atoms with E-state index in [1.165, 1.54) is 5.56 Å². The summed E-state index contributed by atoms with van der Waals surface area (Å²) < 4.78 is 0. The zero-order chi connectivity index (χ0) is 23.7. The van der Waals surface area contributed by atoms with Crippen molar-refractivity contribution in [2.45, 2.75) is 50.5 Å². The number of nitrogens with one attached hydrogen (secondary N) is 1. The first-order valence-corrected chi connectivity index (χ1v) is 11.8. The molecule has 1 amide bonds. The molecule has 2 aliphatic rings. The summed E-state index contributed by atoms with van der Waals surface area (Å²) in [7, 11) is 0. The smallest absolute Gasteiger partial charge is 0.240 e. The Balaban J connectivity index is 1.43. The minimum absolute atomic E-state index is 0.0102. The first-order valence-electron chi connectivity index (χ1n) is 11.8. The maximum absolute atomic E-state index is 13.6. The molecule has 0 saturated carbocycles. The van der Waals surface area contributed by atoms with Crippen molar-refractivity contribution in [1.29, 1.82) is 0 Å². The van der Waals surface area contributed by atoms with Crippen LogP contribution in [0.1, 0.15) is 35.2 Å². The van der Waals surface area contributed by atoms with Crippen LogP contribution in [0.25, 0.3) is 0 Å². The second-order valence-corrected chi connectivity index (χ2v) is 9.23. The van der Waals surface area contributed by atoms with E-state index in [1.54, 1.807) is 24.3 Å². The largest absolute Gasteiger partial charge is 0.508 e. The number of nitrogens with two attached hydrogens (primary N) is 1. The van der Waals surface area contributed by atoms with Gasteiger partial charge in [0.25, 0.3) is 0 Å². The van der Waals surface area contributed by atoms with Crippen LogP contribution in [-0.4, -0.2) is 39.9 Å². The van der Waals surface area contributed by atoms with Gasteiger partial charge >= 0.3 is 0 Å². The van der Waals surface area contributed by atoms with Crippen LogP contribution in [-0.2, 0) is 24.2 Å². The van der Waals surface area contributed by atoms with Gasteiger partial charge in [0.1, 0.15) is 11.6 Å². The Morgan fingerprint density at radius 1 is 1.06 bits per heavy atom. The molecule has 4 N–H and O–H groups in total. The Morgan fingerprint density at radius 2 is 1.74 bits per heavy atom. The zero-order valence-electron chi connectivity index (χ0n) is 19.3. The molecule has 4 atom stereocenters. The first-order chi connectivity index (χ1) is 16.5. The fourth-order valence-electron chi connectivity index (χ4n) is 4.99. The Labute approximate surface area is 200 Å². The normalized spacial score (nSPS) is 22.5. The molecule has 6 nitrogen and oxygen atoms in total. The van der Waals surface area contributed by atoms with E-state index >= 15 is 0 Å². The van der Waals surface area contributed by atoms with Crippen molar-refractivity contribution in [3.05, 3.63) is 101 Å². The van der Waals surface area contributed by atoms with Gasteiger partial charge in [0, 0.05) is 13.0 Å². The number of carbonyl (C=O) groups excluding carboxylic acids is 1. The number of aromatic hydroxyl groups is 1. The lowest BCUT2D eigenvalue weighted by Crippen LogP contribution is -2.56. The number of hydrogen-bond donors (Lipinski definition) is 3. The minimum atomic E-state index is -0.679. The molecule has 0 spiro atoms. The SMILES string of the molecule is CC1NC(C2Cc3ccccc3CN2C(=O)[C@@H](N)Cc2ccc(O)cc2)=NC1c1ccccc1. The van der Waals surface area contributed by atoms with Crippen LogP contribution in [0.2, 0.25) is 0 Å². The molecular formula is C28H30N4O2. The second kappa shape index (κ2) is 9.31. The fourth-order valence-corrected chi connectivity index (χ4v) is 4.99. The van der Waals surface area contributed by atoms with Gasteiger partial charge in [-0.05, 0) is 47.7 Å². The van der Waals surface area contributed by atoms with E-state index in [4.69, 9.17) is 10.7 Å². The number of phenols is 1. The molecule has 2 heterocycles. The molecule has 3 aromatic rings. The van der Waals surface area contributed by atoms with Crippen molar-refractivity contribution in [1.82, 2.24) is 10.2 Å². The van der Waals surface area contributed by atoms with E-state index in [2.05, 4.69) is 36.5 Å². The Bertz CT molecular complexity index is 1190. The Kier molecular flexibility index (Phi) is 6.07. The number of rotatable bonds is 5. The summed E-state index contributed by atoms with van der Waals surface area (Å²) >= 11 is 0. The van der Waals surface area contributed by atoms with Gasteiger partial charge in [-0.3, -0.25) is 9.79 Å². The number of fused-ring (bicyclic) bond motifs is 1. The molecule has 5 rings (SSSR count). The van der Waals surface area contributed by atoms with Crippen LogP contribution in [0.15, 0.2) is 83.9 Å². The number of amides is 1. The number of phenolic OH excluding ortho intramolecular Hbond substituents is 1. The predicted octanol–water partition coefficient (Wildman–Crippen LogP) is 3.35. The van der Waals surface area contributed by atoms with Gasteiger partial charge in [-0.15, -0.1) is 0 Å². The summed E-state index contributed by atoms with van der Waals surface area (Å²) in [4.78, 5) is 20.6. The van der Waals surface area contributed by atoms with Crippen LogP contribution in [0.5, 0.6) is 5.75 Å². The Hall–Kier alpha value is -3.64. The Morgan fingerprint density at radius 3 is 2.47 bits per heavy atom. The monoisotopic (exact) mass is 454 g/mol. The van der Waals surface area contributed by atoms with Crippen molar-refractivity contribution in [2.75, 3.05) is 0 Å². The van der Waals surface area contributed by atoms with Crippen molar-refractivity contribution in [2.24, 2.45) is 10.7 Å². The lowest BCUT2D eigenvalue weighted by atomic mass is 9.92. The lowest BCUT2D eigenvalue weighted by Gasteiger charge is -2.38. The third-order valence-electron chi connectivity index (χ3n) is 6.82. The van der Waals surface area contributed by atoms with Gasteiger partial charge in [-0.1, -0.05) is 66.7 Å². The fraction of sp³-hybridized carbons (Fsp3) is 0.286. The van der Waals surface area contributed by atoms with Gasteiger partial charge in [0.15, 0.2) is 0 Å². The van der Waals surface area contributed by atoms with Gasteiger partial charge in [-0.25, -0.2) is 0 Å². The summed E-state index contributed by atoms with van der Waals surface area (Å²) in [6.07, 6.45) is 1.11. The van der Waals surface area contributed by atoms with Crippen LogP contribution in [0.4, 0.5) is 0 Å². The molecule has 2 aliphatic heterocycles. The topological polar surface area (TPSA) is 91.0 Å². The minimum Gasteiger partial charge on any atom is -0.508 e. The van der Waals surface area contributed by atoms with E-state index in [0.29, 0.717) is 19.4 Å². The highest BCUT2D eigenvalue weighted by atomic mass is 16.3. The van der Waals surface area contributed by atoms with E-state index < -0.39 is 6.04 Å². The quantitative estimate of drug-likeness (QED) is 0.551. The van der Waals surface area contributed by atoms with Crippen molar-refractivity contribution >= 4 is 11.7 Å². The third kappa shape index (κ3) is 4.41. The van der Waals surface area contributed by atoms with E-state index in [9.17, 15) is 9.90 Å². The summed E-state index contributed by atoms with van der Waals surface area (Å²) in [5, 5.41) is 13.1. The second-order valence-electron chi connectivity index (χ2n) is 9.23. The highest BCUT2D eigenvalue weighted by molar-refractivity contribution is 5.95. The van der Waals surface area contributed by atoms with E-state index in [-0.39, 0.29) is 29.8 Å². The molecule has 0 bridgehead atoms. The molecule has 34 heavy (non-hydrogen) atoms. The first kappa shape index (κ1) is 22.2. The van der Waals surface area contributed by atoms with Crippen LogP contribution in [0.3, 0.4) is 0 Å². The van der Waals surface area contributed by atoms with Crippen LogP contribution >= 0.6 is 0 Å². The lowest BCUT2D eigenvalue weighted by molar-refractivity contribution is -0.134. The summed E-state index contributed by atoms with van der Waals surface area (Å²) in [6, 6.07) is 24.7. The molecule has 3 unspecified atom stereocenters. The molecule has 0 radical (unpaired) electrons. The van der Waals surface area contributed by atoms with E-state index in [1.807, 2.05) is 35.2 Å². The van der Waals surface area contributed by atoms with E-state index in [0.717, 1.165) is 22.5 Å². The molecule has 0 aliphatic carbocycles. The molecule has 3 aromatic carbocycles. The maximum Gasteiger partial charge on any atom is 0.240 e. The average Bonchev–Trinajstić information content (AvgIpc) is 3.26. The summed E-state index contributed by atoms with van der Waals surface area (Å²) in [5.74, 6) is 0.956. The third-order valence-corrected chi connectivity index (χ3v) is 6.82. The summed E-state index contributed by atoms with van der Waals surface area (Å²) in [6.45, 7) is 2.64. The van der Waals surface area contributed by atoms with Gasteiger partial charge < -0.3 is 21.1 Å². The maximum atomic E-state index is 13.6. The zero-order valence-corrected chi connectivity index (χ0v) is 19.3. The number of carbonyl (C=O) groups is 1. The molecular weight excluding hydrogens is 424 g/mol. The molecule has 0 saturated heterocycles. The molecule has 174 valence electrons. The number of hydrogen-bond acceptors (Lipinski definition) is 5. The van der Waals surface area contributed by atoms with Gasteiger partial charge in [-0.2, -0.15) is 0 Å². The van der Waals surface area contributed by atoms with Crippen LogP contribution in [0, 0.1) is 0 Å². The van der Waals surface area contributed by atoms with Gasteiger partial charge in [0.2, 0.25) is 5.91 Å². The van der Waals surface area contributed by atoms with Crippen LogP contribution < -0.4 is 11.1 Å². The van der Waals surface area contributed by atoms with Gasteiger partial charge in [0.05, 0.1) is 24.2 Å². The van der Waals surface area contributed by atoms with Crippen molar-refractivity contribution in [3.63, 3.8) is 0 Å². The average molecular weight is 455 g/mol. The number of benzene rings is 3. The molecule has 6 heteroatoms. The summed E-state index contributed by atoms with van der Waals surface area (Å²) in [5.41, 5.74) is 10.9.